The number of ether oxygens (including phenoxy) is 2. The lowest BCUT2D eigenvalue weighted by atomic mass is 10.0. The summed E-state index contributed by atoms with van der Waals surface area (Å²) in [5, 5.41) is 7.24. The quantitative estimate of drug-likeness (QED) is 0.581. The Balaban J connectivity index is 1.64. The van der Waals surface area contributed by atoms with Gasteiger partial charge in [-0.05, 0) is 44.2 Å². The summed E-state index contributed by atoms with van der Waals surface area (Å²) in [5.74, 6) is 1.10. The van der Waals surface area contributed by atoms with Crippen LogP contribution in [0.25, 0.3) is 11.3 Å². The van der Waals surface area contributed by atoms with Crippen molar-refractivity contribution in [2.45, 2.75) is 19.4 Å². The first kappa shape index (κ1) is 21.1. The molecule has 0 saturated carbocycles. The third-order valence-corrected chi connectivity index (χ3v) is 4.67. The monoisotopic (exact) mass is 407 g/mol. The number of nitrogens with zero attached hydrogens (tertiary/aromatic N) is 2. The fourth-order valence-corrected chi connectivity index (χ4v) is 2.89. The van der Waals surface area contributed by atoms with Crippen LogP contribution in [0.15, 0.2) is 71.5 Å². The van der Waals surface area contributed by atoms with Crippen molar-refractivity contribution in [2.24, 2.45) is 0 Å². The second-order valence-electron chi connectivity index (χ2n) is 7.17. The molecule has 0 aliphatic carbocycles. The Kier molecular flexibility index (Phi) is 6.51. The van der Waals surface area contributed by atoms with Crippen molar-refractivity contribution >= 4 is 5.91 Å². The highest BCUT2D eigenvalue weighted by atomic mass is 16.5. The molecule has 156 valence electrons. The molecule has 0 saturated heterocycles. The van der Waals surface area contributed by atoms with Crippen LogP contribution in [0.5, 0.6) is 11.5 Å². The average Bonchev–Trinajstić information content (AvgIpc) is 2.77. The van der Waals surface area contributed by atoms with Gasteiger partial charge in [0.2, 0.25) is 5.91 Å². The lowest BCUT2D eigenvalue weighted by Crippen LogP contribution is -2.50. The Labute approximate surface area is 175 Å². The van der Waals surface area contributed by atoms with Gasteiger partial charge in [-0.25, -0.2) is 4.68 Å². The molecule has 3 aromatic rings. The molecule has 0 atom stereocenters. The van der Waals surface area contributed by atoms with Crippen molar-refractivity contribution in [3.8, 4) is 22.8 Å². The fraction of sp³-hybridized carbons (Fsp3) is 0.261. The molecular formula is C23H25N3O4. The SMILES string of the molecule is COc1ccc(OCCNC(=O)C(C)(C)n2nc(-c3ccccc3)ccc2=O)cc1. The lowest BCUT2D eigenvalue weighted by Gasteiger charge is -2.25. The molecular weight excluding hydrogens is 382 g/mol. The summed E-state index contributed by atoms with van der Waals surface area (Å²) in [5.41, 5.74) is -0.0132. The first-order valence-electron chi connectivity index (χ1n) is 9.63. The number of methoxy groups -OCH3 is 1. The number of benzene rings is 2. The van der Waals surface area contributed by atoms with E-state index >= 15 is 0 Å². The van der Waals surface area contributed by atoms with E-state index in [1.54, 1.807) is 51.3 Å². The smallest absolute Gasteiger partial charge is 0.267 e. The van der Waals surface area contributed by atoms with E-state index in [0.29, 0.717) is 24.6 Å². The molecule has 1 aromatic heterocycles. The molecule has 7 nitrogen and oxygen atoms in total. The minimum atomic E-state index is -1.16. The van der Waals surface area contributed by atoms with Crippen LogP contribution in [0.4, 0.5) is 0 Å². The van der Waals surface area contributed by atoms with Gasteiger partial charge in [-0.1, -0.05) is 30.3 Å². The van der Waals surface area contributed by atoms with Gasteiger partial charge in [0.05, 0.1) is 19.3 Å². The number of carbonyl (C=O) groups excluding carboxylic acids is 1. The molecule has 0 radical (unpaired) electrons. The molecule has 0 aliphatic heterocycles. The lowest BCUT2D eigenvalue weighted by molar-refractivity contribution is -0.129. The zero-order chi connectivity index (χ0) is 21.6. The minimum absolute atomic E-state index is 0.292. The van der Waals surface area contributed by atoms with E-state index < -0.39 is 5.54 Å². The maximum atomic E-state index is 12.8. The molecule has 3 rings (SSSR count). The van der Waals surface area contributed by atoms with Crippen LogP contribution >= 0.6 is 0 Å². The van der Waals surface area contributed by atoms with E-state index in [0.717, 1.165) is 11.3 Å². The van der Waals surface area contributed by atoms with E-state index in [9.17, 15) is 9.59 Å². The largest absolute Gasteiger partial charge is 0.497 e. The second-order valence-corrected chi connectivity index (χ2v) is 7.17. The van der Waals surface area contributed by atoms with Gasteiger partial charge in [-0.15, -0.1) is 0 Å². The highest BCUT2D eigenvalue weighted by Crippen LogP contribution is 2.18. The van der Waals surface area contributed by atoms with Crippen LogP contribution in [-0.4, -0.2) is 35.9 Å². The molecule has 0 aliphatic rings. The molecule has 1 heterocycles. The zero-order valence-electron chi connectivity index (χ0n) is 17.3. The maximum Gasteiger partial charge on any atom is 0.267 e. The first-order valence-corrected chi connectivity index (χ1v) is 9.63. The Hall–Kier alpha value is -3.61. The van der Waals surface area contributed by atoms with E-state index in [4.69, 9.17) is 9.47 Å². The van der Waals surface area contributed by atoms with Gasteiger partial charge in [-0.2, -0.15) is 5.10 Å². The van der Waals surface area contributed by atoms with Gasteiger partial charge in [0.1, 0.15) is 23.6 Å². The Morgan fingerprint density at radius 3 is 2.33 bits per heavy atom. The van der Waals surface area contributed by atoms with Crippen molar-refractivity contribution in [3.05, 3.63) is 77.1 Å². The zero-order valence-corrected chi connectivity index (χ0v) is 17.3. The number of carbonyl (C=O) groups is 1. The summed E-state index contributed by atoms with van der Waals surface area (Å²) in [7, 11) is 1.60. The first-order chi connectivity index (χ1) is 14.4. The van der Waals surface area contributed by atoms with Gasteiger partial charge < -0.3 is 14.8 Å². The highest BCUT2D eigenvalue weighted by molar-refractivity contribution is 5.83. The van der Waals surface area contributed by atoms with E-state index in [-0.39, 0.29) is 11.5 Å². The third kappa shape index (κ3) is 4.86. The van der Waals surface area contributed by atoms with Crippen molar-refractivity contribution in [1.29, 1.82) is 0 Å². The summed E-state index contributed by atoms with van der Waals surface area (Å²) < 4.78 is 11.9. The summed E-state index contributed by atoms with van der Waals surface area (Å²) >= 11 is 0. The number of amides is 1. The molecule has 0 bridgehead atoms. The molecule has 2 aromatic carbocycles. The van der Waals surface area contributed by atoms with E-state index in [2.05, 4.69) is 10.4 Å². The van der Waals surface area contributed by atoms with Crippen LogP contribution in [0.3, 0.4) is 0 Å². The van der Waals surface area contributed by atoms with Crippen LogP contribution in [0.1, 0.15) is 13.8 Å². The number of nitrogens with one attached hydrogen (secondary N) is 1. The van der Waals surface area contributed by atoms with Gasteiger partial charge in [0.25, 0.3) is 5.56 Å². The van der Waals surface area contributed by atoms with Gasteiger partial charge in [0.15, 0.2) is 0 Å². The van der Waals surface area contributed by atoms with Crippen LogP contribution in [0.2, 0.25) is 0 Å². The molecule has 1 N–H and O–H groups in total. The second kappa shape index (κ2) is 9.26. The summed E-state index contributed by atoms with van der Waals surface area (Å²) in [6.45, 7) is 3.91. The van der Waals surface area contributed by atoms with E-state index in [1.165, 1.54) is 10.7 Å². The number of rotatable bonds is 8. The molecule has 30 heavy (non-hydrogen) atoms. The van der Waals surface area contributed by atoms with Crippen molar-refractivity contribution < 1.29 is 14.3 Å². The molecule has 0 fully saturated rings. The van der Waals surface area contributed by atoms with Gasteiger partial charge >= 0.3 is 0 Å². The topological polar surface area (TPSA) is 82.4 Å². The number of aromatic nitrogens is 2. The summed E-state index contributed by atoms with van der Waals surface area (Å²) in [6.07, 6.45) is 0. The standard InChI is InChI=1S/C23H25N3O4/c1-23(2,22(28)24-15-16-30-19-11-9-18(29-3)10-12-19)26-21(27)14-13-20(25-26)17-7-5-4-6-8-17/h4-14H,15-16H2,1-3H3,(H,24,28). The van der Waals surface area contributed by atoms with Crippen LogP contribution in [0, 0.1) is 0 Å². The third-order valence-electron chi connectivity index (χ3n) is 4.67. The van der Waals surface area contributed by atoms with Crippen molar-refractivity contribution in [3.63, 3.8) is 0 Å². The Morgan fingerprint density at radius 1 is 1.00 bits per heavy atom. The van der Waals surface area contributed by atoms with Crippen molar-refractivity contribution in [1.82, 2.24) is 15.1 Å². The Morgan fingerprint density at radius 2 is 1.67 bits per heavy atom. The fourth-order valence-electron chi connectivity index (χ4n) is 2.89. The predicted molar refractivity (Wildman–Crippen MR) is 115 cm³/mol. The predicted octanol–water partition coefficient (Wildman–Crippen LogP) is 2.85. The number of hydrogen-bond acceptors (Lipinski definition) is 5. The molecule has 0 spiro atoms. The number of hydrogen-bond donors (Lipinski definition) is 1. The molecule has 1 amide bonds. The summed E-state index contributed by atoms with van der Waals surface area (Å²) in [4.78, 5) is 25.2. The van der Waals surface area contributed by atoms with E-state index in [1.807, 2.05) is 30.3 Å². The van der Waals surface area contributed by atoms with Gasteiger partial charge in [0, 0.05) is 11.6 Å². The van der Waals surface area contributed by atoms with Crippen LogP contribution < -0.4 is 20.3 Å². The Bertz CT molecular complexity index is 1040. The van der Waals surface area contributed by atoms with Crippen molar-refractivity contribution in [2.75, 3.05) is 20.3 Å². The molecule has 7 heteroatoms. The maximum absolute atomic E-state index is 12.8. The average molecular weight is 407 g/mol. The summed E-state index contributed by atoms with van der Waals surface area (Å²) in [6, 6.07) is 19.8. The highest BCUT2D eigenvalue weighted by Gasteiger charge is 2.32. The van der Waals surface area contributed by atoms with Gasteiger partial charge in [-0.3, -0.25) is 9.59 Å². The molecule has 0 unspecified atom stereocenters. The minimum Gasteiger partial charge on any atom is -0.497 e. The normalized spacial score (nSPS) is 11.0. The van der Waals surface area contributed by atoms with Crippen LogP contribution in [-0.2, 0) is 10.3 Å².